The lowest BCUT2D eigenvalue weighted by atomic mass is 9.66. The van der Waals surface area contributed by atoms with Crippen LogP contribution in [0.25, 0.3) is 0 Å². The minimum absolute atomic E-state index is 0.0735. The summed E-state index contributed by atoms with van der Waals surface area (Å²) in [7, 11) is 0. The molecule has 0 saturated carbocycles. The van der Waals surface area contributed by atoms with Gasteiger partial charge in [0.25, 0.3) is 0 Å². The molecule has 0 bridgehead atoms. The second-order valence-electron chi connectivity index (χ2n) is 5.62. The van der Waals surface area contributed by atoms with Gasteiger partial charge in [0.05, 0.1) is 5.84 Å². The normalized spacial score (nSPS) is 13.6. The van der Waals surface area contributed by atoms with Crippen LogP contribution in [-0.2, 0) is 0 Å². The van der Waals surface area contributed by atoms with E-state index in [0.29, 0.717) is 5.84 Å². The molecule has 0 atom stereocenters. The summed E-state index contributed by atoms with van der Waals surface area (Å²) in [6, 6.07) is 0. The summed E-state index contributed by atoms with van der Waals surface area (Å²) < 4.78 is 0. The molecule has 0 fully saturated rings. The Balaban J connectivity index is 4.82. The summed E-state index contributed by atoms with van der Waals surface area (Å²) in [5.74, 6) is 0.444. The number of nitrogens with two attached hydrogens (primary N) is 1. The van der Waals surface area contributed by atoms with E-state index in [4.69, 9.17) is 11.1 Å². The third-order valence-electron chi connectivity index (χ3n) is 2.04. The molecule has 0 rings (SSSR count). The first kappa shape index (κ1) is 11.5. The van der Waals surface area contributed by atoms with Gasteiger partial charge in [0.1, 0.15) is 0 Å². The van der Waals surface area contributed by atoms with E-state index in [2.05, 4.69) is 41.5 Å². The lowest BCUT2D eigenvalue weighted by Gasteiger charge is -2.39. The molecule has 0 aliphatic carbocycles. The average Bonchev–Trinajstić information content (AvgIpc) is 1.49. The van der Waals surface area contributed by atoms with Crippen molar-refractivity contribution in [3.8, 4) is 0 Å². The highest BCUT2D eigenvalue weighted by atomic mass is 14.7. The molecule has 2 nitrogen and oxygen atoms in total. The summed E-state index contributed by atoms with van der Waals surface area (Å²) in [5, 5.41) is 7.54. The summed E-state index contributed by atoms with van der Waals surface area (Å²) in [6.45, 7) is 12.8. The van der Waals surface area contributed by atoms with Crippen molar-refractivity contribution in [2.45, 2.75) is 41.5 Å². The highest BCUT2D eigenvalue weighted by Crippen LogP contribution is 2.39. The summed E-state index contributed by atoms with van der Waals surface area (Å²) in [5.41, 5.74) is 5.74. The smallest absolute Gasteiger partial charge is 0.0947 e. The largest absolute Gasteiger partial charge is 0.387 e. The van der Waals surface area contributed by atoms with E-state index in [1.54, 1.807) is 0 Å². The molecular formula is C10H22N2. The Morgan fingerprint density at radius 3 is 1.25 bits per heavy atom. The minimum atomic E-state index is 0.0735. The van der Waals surface area contributed by atoms with Crippen LogP contribution in [0.15, 0.2) is 0 Å². The lowest BCUT2D eigenvalue weighted by molar-refractivity contribution is 0.165. The van der Waals surface area contributed by atoms with Crippen LogP contribution in [0.5, 0.6) is 0 Å². The van der Waals surface area contributed by atoms with E-state index in [0.717, 1.165) is 0 Å². The monoisotopic (exact) mass is 170 g/mol. The molecule has 3 N–H and O–H groups in total. The van der Waals surface area contributed by atoms with E-state index in [1.807, 2.05) is 0 Å². The molecule has 0 aromatic rings. The van der Waals surface area contributed by atoms with Crippen LogP contribution >= 0.6 is 0 Å². The van der Waals surface area contributed by atoms with Gasteiger partial charge in [0.15, 0.2) is 0 Å². The molecule has 0 unspecified atom stereocenters. The van der Waals surface area contributed by atoms with Crippen LogP contribution in [0, 0.1) is 22.2 Å². The van der Waals surface area contributed by atoms with Crippen molar-refractivity contribution in [2.75, 3.05) is 0 Å². The Bertz CT molecular complexity index is 155. The van der Waals surface area contributed by atoms with Gasteiger partial charge < -0.3 is 5.73 Å². The van der Waals surface area contributed by atoms with Gasteiger partial charge in [-0.25, -0.2) is 0 Å². The van der Waals surface area contributed by atoms with E-state index in [1.165, 1.54) is 0 Å². The lowest BCUT2D eigenvalue weighted by Crippen LogP contribution is -2.42. The first-order valence-electron chi connectivity index (χ1n) is 4.40. The topological polar surface area (TPSA) is 49.9 Å². The van der Waals surface area contributed by atoms with Gasteiger partial charge >= 0.3 is 0 Å². The Morgan fingerprint density at radius 2 is 1.25 bits per heavy atom. The van der Waals surface area contributed by atoms with Gasteiger partial charge in [-0.2, -0.15) is 0 Å². The van der Waals surface area contributed by atoms with Gasteiger partial charge in [-0.15, -0.1) is 0 Å². The van der Waals surface area contributed by atoms with E-state index in [9.17, 15) is 0 Å². The average molecular weight is 170 g/mol. The van der Waals surface area contributed by atoms with Crippen molar-refractivity contribution in [1.82, 2.24) is 0 Å². The quantitative estimate of drug-likeness (QED) is 0.461. The predicted molar refractivity (Wildman–Crippen MR) is 54.3 cm³/mol. The molecule has 0 heterocycles. The standard InChI is InChI=1S/C10H22N2/c1-9(2,3)7(8(11)12)10(4,5)6/h7H,1-6H3,(H3,11,12). The summed E-state index contributed by atoms with van der Waals surface area (Å²) in [4.78, 5) is 0. The highest BCUT2D eigenvalue weighted by Gasteiger charge is 2.36. The Kier molecular flexibility index (Phi) is 2.94. The van der Waals surface area contributed by atoms with Crippen molar-refractivity contribution in [2.24, 2.45) is 22.5 Å². The predicted octanol–water partition coefficient (Wildman–Crippen LogP) is 2.63. The fraction of sp³-hybridized carbons (Fsp3) is 0.900. The van der Waals surface area contributed by atoms with Crippen molar-refractivity contribution in [3.63, 3.8) is 0 Å². The first-order valence-corrected chi connectivity index (χ1v) is 4.40. The number of hydrogen-bond acceptors (Lipinski definition) is 1. The van der Waals surface area contributed by atoms with Crippen LogP contribution in [0.2, 0.25) is 0 Å². The second kappa shape index (κ2) is 3.08. The van der Waals surface area contributed by atoms with Crippen LogP contribution in [0.1, 0.15) is 41.5 Å². The SMILES string of the molecule is CC(C)(C)C(C(=N)N)C(C)(C)C. The molecule has 0 spiro atoms. The van der Waals surface area contributed by atoms with Gasteiger partial charge in [-0.3, -0.25) is 5.41 Å². The Labute approximate surface area is 76.0 Å². The third-order valence-corrected chi connectivity index (χ3v) is 2.04. The van der Waals surface area contributed by atoms with Gasteiger partial charge in [0.2, 0.25) is 0 Å². The number of nitrogens with one attached hydrogen (secondary N) is 1. The number of hydrogen-bond donors (Lipinski definition) is 2. The molecular weight excluding hydrogens is 148 g/mol. The van der Waals surface area contributed by atoms with Gasteiger partial charge in [-0.05, 0) is 10.8 Å². The maximum atomic E-state index is 7.54. The molecule has 0 radical (unpaired) electrons. The van der Waals surface area contributed by atoms with Crippen molar-refractivity contribution < 1.29 is 0 Å². The summed E-state index contributed by atoms with van der Waals surface area (Å²) in [6.07, 6.45) is 0. The van der Waals surface area contributed by atoms with Crippen molar-refractivity contribution >= 4 is 5.84 Å². The molecule has 2 heteroatoms. The maximum absolute atomic E-state index is 7.54. The van der Waals surface area contributed by atoms with Crippen LogP contribution in [0.4, 0.5) is 0 Å². The zero-order valence-electron chi connectivity index (χ0n) is 9.15. The fourth-order valence-corrected chi connectivity index (χ4v) is 2.23. The molecule has 0 aromatic heterocycles. The highest BCUT2D eigenvalue weighted by molar-refractivity contribution is 5.81. The fourth-order valence-electron chi connectivity index (χ4n) is 2.23. The van der Waals surface area contributed by atoms with Crippen LogP contribution in [-0.4, -0.2) is 5.84 Å². The summed E-state index contributed by atoms with van der Waals surface area (Å²) >= 11 is 0. The number of amidine groups is 1. The Morgan fingerprint density at radius 1 is 1.00 bits per heavy atom. The Hall–Kier alpha value is -0.530. The van der Waals surface area contributed by atoms with Gasteiger partial charge in [-0.1, -0.05) is 41.5 Å². The second-order valence-corrected chi connectivity index (χ2v) is 5.62. The van der Waals surface area contributed by atoms with E-state index >= 15 is 0 Å². The zero-order chi connectivity index (χ0) is 10.2. The zero-order valence-corrected chi connectivity index (χ0v) is 9.15. The van der Waals surface area contributed by atoms with E-state index in [-0.39, 0.29) is 16.7 Å². The third kappa shape index (κ3) is 2.84. The number of rotatable bonds is 1. The molecule has 0 aromatic carbocycles. The van der Waals surface area contributed by atoms with Gasteiger partial charge in [0, 0.05) is 5.92 Å². The molecule has 0 aliphatic heterocycles. The van der Waals surface area contributed by atoms with E-state index < -0.39 is 0 Å². The molecule has 12 heavy (non-hydrogen) atoms. The first-order chi connectivity index (χ1) is 5.07. The molecule has 0 amide bonds. The van der Waals surface area contributed by atoms with Crippen LogP contribution in [0.3, 0.4) is 0 Å². The molecule has 0 saturated heterocycles. The van der Waals surface area contributed by atoms with Crippen molar-refractivity contribution in [1.29, 1.82) is 5.41 Å². The molecule has 0 aliphatic rings. The minimum Gasteiger partial charge on any atom is -0.387 e. The van der Waals surface area contributed by atoms with Crippen molar-refractivity contribution in [3.05, 3.63) is 0 Å². The van der Waals surface area contributed by atoms with Crippen LogP contribution < -0.4 is 5.73 Å². The maximum Gasteiger partial charge on any atom is 0.0947 e. The molecule has 72 valence electrons.